The summed E-state index contributed by atoms with van der Waals surface area (Å²) in [5.41, 5.74) is 2.66. The molecule has 0 bridgehead atoms. The lowest BCUT2D eigenvalue weighted by molar-refractivity contribution is 0.807. The molecule has 1 aromatic carbocycles. The summed E-state index contributed by atoms with van der Waals surface area (Å²) in [4.78, 5) is 0. The van der Waals surface area contributed by atoms with E-state index in [4.69, 9.17) is 0 Å². The van der Waals surface area contributed by atoms with Gasteiger partial charge in [-0.2, -0.15) is 12.6 Å². The summed E-state index contributed by atoms with van der Waals surface area (Å²) in [5, 5.41) is 1.35. The van der Waals surface area contributed by atoms with Crippen LogP contribution < -0.4 is 0 Å². The quantitative estimate of drug-likeness (QED) is 0.696. The highest BCUT2D eigenvalue weighted by Gasteiger charge is 2.02. The summed E-state index contributed by atoms with van der Waals surface area (Å²) in [6.07, 6.45) is 2.20. The Morgan fingerprint density at radius 2 is 2.08 bits per heavy atom. The van der Waals surface area contributed by atoms with Gasteiger partial charge in [0.2, 0.25) is 0 Å². The normalized spacial score (nSPS) is 10.9. The van der Waals surface area contributed by atoms with Crippen LogP contribution in [0, 0.1) is 6.92 Å². The molecule has 1 heterocycles. The van der Waals surface area contributed by atoms with E-state index in [1.807, 2.05) is 0 Å². The smallest absolute Gasteiger partial charge is 0.0483 e. The van der Waals surface area contributed by atoms with Gasteiger partial charge in [0, 0.05) is 29.4 Å². The van der Waals surface area contributed by atoms with Crippen molar-refractivity contribution in [3.63, 3.8) is 0 Å². The molecule has 0 aliphatic heterocycles. The van der Waals surface area contributed by atoms with E-state index in [2.05, 4.69) is 54.6 Å². The molecule has 0 radical (unpaired) electrons. The van der Waals surface area contributed by atoms with Crippen molar-refractivity contribution in [3.05, 3.63) is 36.0 Å². The average Bonchev–Trinajstić information content (AvgIpc) is 2.46. The van der Waals surface area contributed by atoms with Crippen LogP contribution in [-0.4, -0.2) is 10.3 Å². The molecular weight excluding hydrogens is 178 g/mol. The van der Waals surface area contributed by atoms with Crippen LogP contribution >= 0.6 is 12.6 Å². The Morgan fingerprint density at radius 1 is 1.31 bits per heavy atom. The van der Waals surface area contributed by atoms with Crippen molar-refractivity contribution in [1.82, 2.24) is 4.57 Å². The zero-order valence-corrected chi connectivity index (χ0v) is 8.59. The molecule has 0 aliphatic carbocycles. The summed E-state index contributed by atoms with van der Waals surface area (Å²) in [6, 6.07) is 8.49. The van der Waals surface area contributed by atoms with Gasteiger partial charge in [-0.1, -0.05) is 18.2 Å². The minimum atomic E-state index is 0.887. The molecule has 1 nitrogen and oxygen atoms in total. The van der Waals surface area contributed by atoms with Crippen LogP contribution in [0.2, 0.25) is 0 Å². The summed E-state index contributed by atoms with van der Waals surface area (Å²) in [7, 11) is 0. The second kappa shape index (κ2) is 3.46. The van der Waals surface area contributed by atoms with Gasteiger partial charge in [-0.15, -0.1) is 0 Å². The minimum absolute atomic E-state index is 0.887. The molecule has 0 spiro atoms. The van der Waals surface area contributed by atoms with Crippen LogP contribution in [0.4, 0.5) is 0 Å². The van der Waals surface area contributed by atoms with Crippen molar-refractivity contribution >= 4 is 23.5 Å². The van der Waals surface area contributed by atoms with Crippen molar-refractivity contribution in [2.75, 3.05) is 5.75 Å². The zero-order valence-electron chi connectivity index (χ0n) is 7.70. The summed E-state index contributed by atoms with van der Waals surface area (Å²) in [5.74, 6) is 0.887. The Kier molecular flexibility index (Phi) is 2.32. The highest BCUT2D eigenvalue weighted by molar-refractivity contribution is 7.80. The van der Waals surface area contributed by atoms with Crippen molar-refractivity contribution < 1.29 is 0 Å². The highest BCUT2D eigenvalue weighted by Crippen LogP contribution is 2.19. The molecule has 0 aliphatic rings. The Bertz CT molecular complexity index is 417. The number of nitrogens with zero attached hydrogens (tertiary/aromatic N) is 1. The zero-order chi connectivity index (χ0) is 9.26. The first-order valence-electron chi connectivity index (χ1n) is 4.48. The summed E-state index contributed by atoms with van der Waals surface area (Å²) in [6.45, 7) is 3.13. The van der Waals surface area contributed by atoms with E-state index in [1.165, 1.54) is 16.5 Å². The minimum Gasteiger partial charge on any atom is -0.346 e. The summed E-state index contributed by atoms with van der Waals surface area (Å²) >= 11 is 4.25. The molecule has 0 saturated carbocycles. The second-order valence-electron chi connectivity index (χ2n) is 3.25. The number of hydrogen-bond donors (Lipinski definition) is 1. The van der Waals surface area contributed by atoms with Gasteiger partial charge in [-0.05, 0) is 18.6 Å². The van der Waals surface area contributed by atoms with E-state index in [-0.39, 0.29) is 0 Å². The molecule has 0 N–H and O–H groups in total. The third kappa shape index (κ3) is 1.46. The van der Waals surface area contributed by atoms with Crippen LogP contribution in [0.3, 0.4) is 0 Å². The van der Waals surface area contributed by atoms with Gasteiger partial charge in [-0.3, -0.25) is 0 Å². The van der Waals surface area contributed by atoms with E-state index >= 15 is 0 Å². The molecule has 68 valence electrons. The average molecular weight is 191 g/mol. The molecule has 1 aromatic heterocycles. The van der Waals surface area contributed by atoms with Crippen LogP contribution in [0.1, 0.15) is 5.56 Å². The topological polar surface area (TPSA) is 4.93 Å². The van der Waals surface area contributed by atoms with Crippen molar-refractivity contribution in [3.8, 4) is 0 Å². The number of benzene rings is 1. The van der Waals surface area contributed by atoms with Crippen LogP contribution in [0.15, 0.2) is 30.5 Å². The van der Waals surface area contributed by atoms with E-state index in [0.29, 0.717) is 0 Å². The molecule has 2 rings (SSSR count). The molecule has 13 heavy (non-hydrogen) atoms. The van der Waals surface area contributed by atoms with E-state index < -0.39 is 0 Å². The fourth-order valence-corrected chi connectivity index (χ4v) is 1.94. The Labute approximate surface area is 83.8 Å². The molecule has 0 atom stereocenters. The first-order valence-corrected chi connectivity index (χ1v) is 5.11. The van der Waals surface area contributed by atoms with Crippen molar-refractivity contribution in [2.24, 2.45) is 0 Å². The van der Waals surface area contributed by atoms with E-state index in [0.717, 1.165) is 12.3 Å². The number of aromatic nitrogens is 1. The maximum atomic E-state index is 4.25. The van der Waals surface area contributed by atoms with Crippen molar-refractivity contribution in [2.45, 2.75) is 13.5 Å². The molecule has 2 heteroatoms. The van der Waals surface area contributed by atoms with Gasteiger partial charge in [-0.25, -0.2) is 0 Å². The number of aryl methyl sites for hydroxylation is 2. The first-order chi connectivity index (χ1) is 6.33. The Morgan fingerprint density at radius 3 is 2.85 bits per heavy atom. The predicted octanol–water partition coefficient (Wildman–Crippen LogP) is 2.88. The second-order valence-corrected chi connectivity index (χ2v) is 3.69. The molecule has 0 fully saturated rings. The SMILES string of the molecule is Cc1cn(CCS)c2ccccc12. The Balaban J connectivity index is 2.63. The highest BCUT2D eigenvalue weighted by atomic mass is 32.1. The number of fused-ring (bicyclic) bond motifs is 1. The standard InChI is InChI=1S/C11H13NS/c1-9-8-12(6-7-13)11-5-3-2-4-10(9)11/h2-5,8,13H,6-7H2,1H3. The third-order valence-corrected chi connectivity index (χ3v) is 2.53. The van der Waals surface area contributed by atoms with E-state index in [9.17, 15) is 0 Å². The molecule has 0 unspecified atom stereocenters. The lowest BCUT2D eigenvalue weighted by Gasteiger charge is -2.00. The number of rotatable bonds is 2. The molecular formula is C11H13NS. The van der Waals surface area contributed by atoms with E-state index in [1.54, 1.807) is 0 Å². The number of hydrogen-bond acceptors (Lipinski definition) is 1. The largest absolute Gasteiger partial charge is 0.346 e. The number of para-hydroxylation sites is 1. The van der Waals surface area contributed by atoms with Gasteiger partial charge in [0.15, 0.2) is 0 Å². The fourth-order valence-electron chi connectivity index (χ4n) is 1.72. The van der Waals surface area contributed by atoms with Crippen LogP contribution in [0.5, 0.6) is 0 Å². The first kappa shape index (κ1) is 8.70. The Hall–Kier alpha value is -0.890. The van der Waals surface area contributed by atoms with Gasteiger partial charge in [0.25, 0.3) is 0 Å². The maximum absolute atomic E-state index is 4.25. The monoisotopic (exact) mass is 191 g/mol. The van der Waals surface area contributed by atoms with Crippen LogP contribution in [-0.2, 0) is 6.54 Å². The van der Waals surface area contributed by atoms with Crippen LogP contribution in [0.25, 0.3) is 10.9 Å². The fraction of sp³-hybridized carbons (Fsp3) is 0.273. The maximum Gasteiger partial charge on any atom is 0.0483 e. The summed E-state index contributed by atoms with van der Waals surface area (Å²) < 4.78 is 2.26. The lowest BCUT2D eigenvalue weighted by atomic mass is 10.2. The van der Waals surface area contributed by atoms with Gasteiger partial charge >= 0.3 is 0 Å². The lowest BCUT2D eigenvalue weighted by Crippen LogP contribution is -1.95. The van der Waals surface area contributed by atoms with Gasteiger partial charge in [0.05, 0.1) is 0 Å². The van der Waals surface area contributed by atoms with Gasteiger partial charge < -0.3 is 4.57 Å². The van der Waals surface area contributed by atoms with Crippen molar-refractivity contribution in [1.29, 1.82) is 0 Å². The third-order valence-electron chi connectivity index (χ3n) is 2.33. The molecule has 0 saturated heterocycles. The number of thiol groups is 1. The molecule has 2 aromatic rings. The van der Waals surface area contributed by atoms with Gasteiger partial charge in [0.1, 0.15) is 0 Å². The predicted molar refractivity (Wildman–Crippen MR) is 60.5 cm³/mol. The molecule has 0 amide bonds.